The Morgan fingerprint density at radius 1 is 1.53 bits per heavy atom. The lowest BCUT2D eigenvalue weighted by atomic mass is 10.3. The Morgan fingerprint density at radius 3 is 2.95 bits per heavy atom. The van der Waals surface area contributed by atoms with Gasteiger partial charge in [-0.1, -0.05) is 5.21 Å². The molecule has 2 heterocycles. The minimum atomic E-state index is -0.0838. The molecule has 0 fully saturated rings. The van der Waals surface area contributed by atoms with Gasteiger partial charge in [-0.15, -0.1) is 5.10 Å². The number of aromatic nitrogens is 4. The number of rotatable bonds is 5. The summed E-state index contributed by atoms with van der Waals surface area (Å²) in [6.07, 6.45) is 5.29. The van der Waals surface area contributed by atoms with Gasteiger partial charge in [-0.25, -0.2) is 0 Å². The van der Waals surface area contributed by atoms with E-state index >= 15 is 0 Å². The van der Waals surface area contributed by atoms with Crippen molar-refractivity contribution in [2.45, 2.75) is 26.4 Å². The molecular weight excluding hydrogens is 310 g/mol. The molecule has 0 saturated carbocycles. The Balaban J connectivity index is 1.96. The van der Waals surface area contributed by atoms with Crippen LogP contribution in [0.25, 0.3) is 0 Å². The molecule has 0 aliphatic rings. The topological polar surface area (TPSA) is 64.7 Å². The smallest absolute Gasteiger partial charge is 0.268 e. The van der Waals surface area contributed by atoms with Crippen molar-refractivity contribution < 1.29 is 4.79 Å². The molecule has 6 nitrogen and oxygen atoms in total. The normalized spacial score (nSPS) is 10.9. The second kappa shape index (κ2) is 6.01. The van der Waals surface area contributed by atoms with Crippen molar-refractivity contribution in [2.24, 2.45) is 0 Å². The summed E-state index contributed by atoms with van der Waals surface area (Å²) in [5.41, 5.74) is 0.653. The molecule has 2 aromatic rings. The van der Waals surface area contributed by atoms with Gasteiger partial charge in [-0.05, 0) is 35.8 Å². The Morgan fingerprint density at radius 2 is 2.32 bits per heavy atom. The number of carbonyl (C=O) groups excluding carboxylic acids is 1. The van der Waals surface area contributed by atoms with Crippen molar-refractivity contribution in [1.29, 1.82) is 0 Å². The lowest BCUT2D eigenvalue weighted by Crippen LogP contribution is -2.29. The van der Waals surface area contributed by atoms with Gasteiger partial charge in [-0.2, -0.15) is 0 Å². The van der Waals surface area contributed by atoms with Crippen LogP contribution >= 0.6 is 15.9 Å². The van der Waals surface area contributed by atoms with E-state index in [0.717, 1.165) is 4.47 Å². The van der Waals surface area contributed by atoms with Crippen LogP contribution in [-0.2, 0) is 6.54 Å². The molecule has 0 aromatic carbocycles. The molecule has 1 amide bonds. The van der Waals surface area contributed by atoms with Gasteiger partial charge >= 0.3 is 0 Å². The Bertz CT molecular complexity index is 546. The van der Waals surface area contributed by atoms with Crippen molar-refractivity contribution in [2.75, 3.05) is 6.54 Å². The molecule has 2 aromatic heterocycles. The van der Waals surface area contributed by atoms with E-state index in [2.05, 4.69) is 31.6 Å². The van der Waals surface area contributed by atoms with Crippen LogP contribution in [0.4, 0.5) is 0 Å². The number of hydrogen-bond acceptors (Lipinski definition) is 3. The maximum Gasteiger partial charge on any atom is 0.268 e. The fourth-order valence-corrected chi connectivity index (χ4v) is 2.22. The Labute approximate surface area is 119 Å². The van der Waals surface area contributed by atoms with Crippen molar-refractivity contribution in [3.05, 3.63) is 34.8 Å². The number of hydrogen-bond donors (Lipinski definition) is 1. The summed E-state index contributed by atoms with van der Waals surface area (Å²) in [6.45, 7) is 5.20. The van der Waals surface area contributed by atoms with Crippen molar-refractivity contribution in [3.63, 3.8) is 0 Å². The van der Waals surface area contributed by atoms with Crippen molar-refractivity contribution in [1.82, 2.24) is 24.9 Å². The molecule has 2 rings (SSSR count). The van der Waals surface area contributed by atoms with E-state index in [9.17, 15) is 4.79 Å². The first kappa shape index (κ1) is 13.8. The lowest BCUT2D eigenvalue weighted by molar-refractivity contribution is 0.0941. The number of amides is 1. The van der Waals surface area contributed by atoms with E-state index in [-0.39, 0.29) is 11.9 Å². The molecule has 19 heavy (non-hydrogen) atoms. The van der Waals surface area contributed by atoms with E-state index in [1.54, 1.807) is 17.1 Å². The molecule has 0 bridgehead atoms. The number of nitrogens with zero attached hydrogens (tertiary/aromatic N) is 4. The minimum absolute atomic E-state index is 0.0838. The van der Waals surface area contributed by atoms with Gasteiger partial charge in [-0.3, -0.25) is 9.48 Å². The van der Waals surface area contributed by atoms with Gasteiger partial charge in [0.1, 0.15) is 5.69 Å². The van der Waals surface area contributed by atoms with Crippen LogP contribution in [0, 0.1) is 0 Å². The summed E-state index contributed by atoms with van der Waals surface area (Å²) < 4.78 is 4.52. The highest BCUT2D eigenvalue weighted by Gasteiger charge is 2.14. The fourth-order valence-electron chi connectivity index (χ4n) is 1.78. The zero-order valence-electron chi connectivity index (χ0n) is 10.9. The second-order valence-corrected chi connectivity index (χ2v) is 5.38. The summed E-state index contributed by atoms with van der Waals surface area (Å²) in [5.74, 6) is -0.0838. The molecule has 102 valence electrons. The van der Waals surface area contributed by atoms with E-state index in [4.69, 9.17) is 0 Å². The largest absolute Gasteiger partial charge is 0.349 e. The van der Waals surface area contributed by atoms with Gasteiger partial charge in [0.2, 0.25) is 0 Å². The van der Waals surface area contributed by atoms with E-state index in [1.165, 1.54) is 0 Å². The van der Waals surface area contributed by atoms with E-state index in [0.29, 0.717) is 18.8 Å². The van der Waals surface area contributed by atoms with Gasteiger partial charge in [0, 0.05) is 29.5 Å². The third-order valence-electron chi connectivity index (χ3n) is 2.70. The summed E-state index contributed by atoms with van der Waals surface area (Å²) in [5, 5.41) is 10.4. The first-order valence-corrected chi connectivity index (χ1v) is 6.87. The van der Waals surface area contributed by atoms with Gasteiger partial charge in [0.25, 0.3) is 5.91 Å². The zero-order chi connectivity index (χ0) is 13.8. The van der Waals surface area contributed by atoms with Crippen LogP contribution in [-0.4, -0.2) is 32.0 Å². The summed E-state index contributed by atoms with van der Waals surface area (Å²) in [7, 11) is 0. The predicted octanol–water partition coefficient (Wildman–Crippen LogP) is 1.85. The fraction of sp³-hybridized carbons (Fsp3) is 0.417. The molecule has 0 radical (unpaired) electrons. The van der Waals surface area contributed by atoms with Crippen LogP contribution < -0.4 is 5.32 Å². The predicted molar refractivity (Wildman–Crippen MR) is 74.9 cm³/mol. The maximum atomic E-state index is 12.1. The van der Waals surface area contributed by atoms with Crippen molar-refractivity contribution >= 4 is 21.8 Å². The molecule has 0 atom stereocenters. The van der Waals surface area contributed by atoms with Crippen LogP contribution in [0.1, 0.15) is 30.4 Å². The molecule has 0 aliphatic heterocycles. The number of nitrogens with one attached hydrogen (secondary N) is 1. The summed E-state index contributed by atoms with van der Waals surface area (Å²) >= 11 is 3.40. The lowest BCUT2D eigenvalue weighted by Gasteiger charge is -2.12. The van der Waals surface area contributed by atoms with Crippen LogP contribution in [0.3, 0.4) is 0 Å². The molecule has 0 aliphatic carbocycles. The van der Waals surface area contributed by atoms with E-state index < -0.39 is 0 Å². The monoisotopic (exact) mass is 325 g/mol. The van der Waals surface area contributed by atoms with Gasteiger partial charge in [0.05, 0.1) is 12.7 Å². The second-order valence-electron chi connectivity index (χ2n) is 4.47. The molecule has 7 heteroatoms. The van der Waals surface area contributed by atoms with Gasteiger partial charge < -0.3 is 9.88 Å². The first-order valence-electron chi connectivity index (χ1n) is 6.07. The highest BCUT2D eigenvalue weighted by Crippen LogP contribution is 2.19. The molecule has 0 spiro atoms. The highest BCUT2D eigenvalue weighted by atomic mass is 79.9. The minimum Gasteiger partial charge on any atom is -0.349 e. The zero-order valence-corrected chi connectivity index (χ0v) is 12.5. The van der Waals surface area contributed by atoms with Crippen LogP contribution in [0.15, 0.2) is 29.1 Å². The van der Waals surface area contributed by atoms with Crippen LogP contribution in [0.5, 0.6) is 0 Å². The van der Waals surface area contributed by atoms with Crippen molar-refractivity contribution in [3.8, 4) is 0 Å². The van der Waals surface area contributed by atoms with Crippen LogP contribution in [0.2, 0.25) is 0 Å². The average molecular weight is 326 g/mol. The van der Waals surface area contributed by atoms with Gasteiger partial charge in [0.15, 0.2) is 0 Å². The quantitative estimate of drug-likeness (QED) is 0.912. The first-order chi connectivity index (χ1) is 9.08. The third kappa shape index (κ3) is 3.44. The number of carbonyl (C=O) groups is 1. The number of halogens is 1. The Hall–Kier alpha value is -1.63. The highest BCUT2D eigenvalue weighted by molar-refractivity contribution is 9.10. The van der Waals surface area contributed by atoms with E-state index in [1.807, 2.05) is 30.7 Å². The summed E-state index contributed by atoms with van der Waals surface area (Å²) in [4.78, 5) is 12.1. The molecule has 0 saturated heterocycles. The Kier molecular flexibility index (Phi) is 4.36. The average Bonchev–Trinajstić information content (AvgIpc) is 2.98. The molecule has 1 N–H and O–H groups in total. The maximum absolute atomic E-state index is 12.1. The summed E-state index contributed by atoms with van der Waals surface area (Å²) in [6, 6.07) is 2.06. The standard InChI is InChI=1S/C12H16BrN5O/c1-9(2)18-8-10(13)7-11(18)12(19)14-3-5-17-6-4-15-16-17/h4,6-9H,3,5H2,1-2H3,(H,14,19). The molecule has 0 unspecified atom stereocenters. The third-order valence-corrected chi connectivity index (χ3v) is 3.14. The molecular formula is C12H16BrN5O. The SMILES string of the molecule is CC(C)n1cc(Br)cc1C(=O)NCCn1ccnn1.